The highest BCUT2D eigenvalue weighted by molar-refractivity contribution is 6.22. The maximum atomic E-state index is 8.74. The lowest BCUT2D eigenvalue weighted by Crippen LogP contribution is -1.90. The van der Waals surface area contributed by atoms with Gasteiger partial charge < -0.3 is 15.1 Å². The monoisotopic (exact) mass is 125 g/mol. The minimum atomic E-state index is -3.13. The van der Waals surface area contributed by atoms with Crippen LogP contribution in [0.3, 0.4) is 0 Å². The van der Waals surface area contributed by atoms with Crippen molar-refractivity contribution in [2.24, 2.45) is 0 Å². The molecule has 0 amide bonds. The molecule has 0 rings (SSSR count). The Hall–Kier alpha value is 0.109. The second-order valence-electron chi connectivity index (χ2n) is 0.283. The van der Waals surface area contributed by atoms with Crippen LogP contribution in [0.4, 0.5) is 0 Å². The molecule has 6 heavy (non-hydrogen) atoms. The Kier molecular flexibility index (Phi) is 24.5. The Balaban J connectivity index is -0.0000000450. The average Bonchev–Trinajstić information content (AvgIpc) is 0.811. The molecule has 4 N–H and O–H groups in total. The maximum absolute atomic E-state index is 8.74. The molecule has 0 bridgehead atoms. The zero-order chi connectivity index (χ0) is 3.58. The number of rotatable bonds is 0. The van der Waals surface area contributed by atoms with Crippen molar-refractivity contribution in [3.8, 4) is 0 Å². The lowest BCUT2D eigenvalue weighted by atomic mass is 15.8. The smallest absolute Gasteiger partial charge is 0.511 e. The van der Waals surface area contributed by atoms with Gasteiger partial charge >= 0.3 is 9.17 Å². The quantitative estimate of drug-likeness (QED) is 0.331. The second-order valence-corrected chi connectivity index (χ2v) is 0.848. The number of hydrogen-bond donors (Lipinski definition) is 2. The topological polar surface area (TPSA) is 89.0 Å². The molecule has 37 valence electrons. The maximum Gasteiger partial charge on any atom is 0.761 e. The van der Waals surface area contributed by atoms with Crippen LogP contribution in [-0.4, -0.2) is 41.6 Å². The molecular formula is H6AlO4Si. The van der Waals surface area contributed by atoms with Gasteiger partial charge in [0.2, 0.25) is 0 Å². The van der Waals surface area contributed by atoms with Gasteiger partial charge in [0.05, 0.1) is 0 Å². The Morgan fingerprint density at radius 1 is 1.33 bits per heavy atom. The minimum absolute atomic E-state index is 0. The summed E-state index contributed by atoms with van der Waals surface area (Å²) in [6, 6.07) is 0. The molecule has 0 aromatic carbocycles. The Bertz CT molecular complexity index is 30.5. The molecule has 0 aromatic rings. The van der Waals surface area contributed by atoms with Gasteiger partial charge in [-0.15, -0.1) is 0 Å². The van der Waals surface area contributed by atoms with Gasteiger partial charge in [-0.3, -0.25) is 4.46 Å². The highest BCUT2D eigenvalue weighted by Gasteiger charge is 1.85. The third-order valence-electron chi connectivity index (χ3n) is 0. The molecule has 0 aliphatic rings. The highest BCUT2D eigenvalue weighted by atomic mass is 28.3. The van der Waals surface area contributed by atoms with E-state index in [-0.39, 0.29) is 22.8 Å². The summed E-state index contributed by atoms with van der Waals surface area (Å²) in [6.45, 7) is 0. The van der Waals surface area contributed by atoms with E-state index in [1.165, 1.54) is 0 Å². The van der Waals surface area contributed by atoms with Crippen molar-refractivity contribution in [2.45, 2.75) is 0 Å². The van der Waals surface area contributed by atoms with E-state index >= 15 is 0 Å². The van der Waals surface area contributed by atoms with Gasteiger partial charge in [-0.05, 0) is 0 Å². The van der Waals surface area contributed by atoms with E-state index in [0.29, 0.717) is 0 Å². The first-order chi connectivity index (χ1) is 1.73. The molecular weight excluding hydrogens is 119 g/mol. The van der Waals surface area contributed by atoms with Gasteiger partial charge in [0.1, 0.15) is 17.4 Å². The molecule has 0 saturated heterocycles. The largest absolute Gasteiger partial charge is 0.761 e. The van der Waals surface area contributed by atoms with Crippen LogP contribution in [0.15, 0.2) is 0 Å². The van der Waals surface area contributed by atoms with E-state index in [9.17, 15) is 0 Å². The van der Waals surface area contributed by atoms with Crippen LogP contribution in [0.5, 0.6) is 0 Å². The summed E-state index contributed by atoms with van der Waals surface area (Å²) in [5, 5.41) is 0. The van der Waals surface area contributed by atoms with Gasteiger partial charge in [-0.1, -0.05) is 0 Å². The van der Waals surface area contributed by atoms with E-state index in [0.717, 1.165) is 0 Å². The standard InChI is InChI=1S/Al.H2O3Si.H2O.2H/c;1-4(2)3;;;/h;1-2H;1H2;;. The minimum Gasteiger partial charge on any atom is -0.511 e. The summed E-state index contributed by atoms with van der Waals surface area (Å²) in [4.78, 5) is 14.3. The molecule has 4 nitrogen and oxygen atoms in total. The highest BCUT2D eigenvalue weighted by Crippen LogP contribution is 1.27. The van der Waals surface area contributed by atoms with E-state index in [1.54, 1.807) is 0 Å². The molecule has 0 saturated carbocycles. The molecule has 0 spiro atoms. The molecule has 0 aromatic heterocycles. The first-order valence-electron chi connectivity index (χ1n) is 0.651. The Labute approximate surface area is 46.8 Å². The third-order valence-corrected chi connectivity index (χ3v) is 0. The number of hydrogen-bond acceptors (Lipinski definition) is 1. The van der Waals surface area contributed by atoms with Crippen LogP contribution < -0.4 is 0 Å². The van der Waals surface area contributed by atoms with Crippen molar-refractivity contribution < 1.29 is 19.5 Å². The van der Waals surface area contributed by atoms with E-state index in [1.807, 2.05) is 0 Å². The second kappa shape index (κ2) is 8.92. The van der Waals surface area contributed by atoms with Gasteiger partial charge in [-0.2, -0.15) is 0 Å². The average molecular weight is 125 g/mol. The first-order valence-corrected chi connectivity index (χ1v) is 1.95. The fourth-order valence-electron chi connectivity index (χ4n) is 0. The van der Waals surface area contributed by atoms with Crippen LogP contribution in [-0.2, 0) is 4.46 Å². The summed E-state index contributed by atoms with van der Waals surface area (Å²) in [5.74, 6) is 0. The molecule has 6 heteroatoms. The fourth-order valence-corrected chi connectivity index (χ4v) is 0. The van der Waals surface area contributed by atoms with Gasteiger partial charge in [-0.25, -0.2) is 0 Å². The van der Waals surface area contributed by atoms with Gasteiger partial charge in [0.15, 0.2) is 0 Å². The van der Waals surface area contributed by atoms with Crippen molar-refractivity contribution in [1.82, 2.24) is 0 Å². The molecule has 0 aliphatic carbocycles. The van der Waals surface area contributed by atoms with Crippen molar-refractivity contribution in [2.75, 3.05) is 0 Å². The predicted molar refractivity (Wildman–Crippen MR) is 23.0 cm³/mol. The van der Waals surface area contributed by atoms with Crippen LogP contribution in [0.25, 0.3) is 0 Å². The molecule has 1 radical (unpaired) electrons. The molecule has 0 unspecified atom stereocenters. The van der Waals surface area contributed by atoms with Gasteiger partial charge in [0.25, 0.3) is 0 Å². The summed E-state index contributed by atoms with van der Waals surface area (Å²) in [7, 11) is -3.13. The Morgan fingerprint density at radius 3 is 1.33 bits per heavy atom. The van der Waals surface area contributed by atoms with Crippen molar-refractivity contribution in [3.63, 3.8) is 0 Å². The van der Waals surface area contributed by atoms with Crippen molar-refractivity contribution in [1.29, 1.82) is 0 Å². The van der Waals surface area contributed by atoms with Crippen LogP contribution in [0.2, 0.25) is 0 Å². The lowest BCUT2D eigenvalue weighted by molar-refractivity contribution is 0.330. The molecule has 0 aliphatic heterocycles. The van der Waals surface area contributed by atoms with Crippen LogP contribution in [0.1, 0.15) is 0 Å². The zero-order valence-corrected chi connectivity index (χ0v) is 6.30. The summed E-state index contributed by atoms with van der Waals surface area (Å²) in [5.41, 5.74) is 0. The summed E-state index contributed by atoms with van der Waals surface area (Å²) in [6.07, 6.45) is 0. The summed E-state index contributed by atoms with van der Waals surface area (Å²) >= 11 is 0. The van der Waals surface area contributed by atoms with Gasteiger partial charge in [0, 0.05) is 0 Å². The fraction of sp³-hybridized carbons (Fsp3) is 0. The van der Waals surface area contributed by atoms with Crippen molar-refractivity contribution in [3.05, 3.63) is 0 Å². The van der Waals surface area contributed by atoms with Crippen molar-refractivity contribution >= 4 is 26.5 Å². The normalized spacial score (nSPS) is 4.00. The molecule has 0 atom stereocenters. The third kappa shape index (κ3) is 3320. The zero-order valence-electron chi connectivity index (χ0n) is 3.30. The summed E-state index contributed by atoms with van der Waals surface area (Å²) < 4.78 is 8.74. The Morgan fingerprint density at radius 2 is 1.33 bits per heavy atom. The van der Waals surface area contributed by atoms with E-state index in [2.05, 4.69) is 0 Å². The first kappa shape index (κ1) is 16.5. The van der Waals surface area contributed by atoms with Crippen LogP contribution >= 0.6 is 0 Å². The van der Waals surface area contributed by atoms with Crippen LogP contribution in [0, 0.1) is 0 Å². The molecule has 0 heterocycles. The molecule has 0 fully saturated rings. The SMILES string of the molecule is O.O=[Si](O)O.[AlH2]. The predicted octanol–water partition coefficient (Wildman–Crippen LogP) is -3.35. The van der Waals surface area contributed by atoms with E-state index < -0.39 is 9.17 Å². The van der Waals surface area contributed by atoms with E-state index in [4.69, 9.17) is 14.1 Å². The lowest BCUT2D eigenvalue weighted by Gasteiger charge is -1.55.